The summed E-state index contributed by atoms with van der Waals surface area (Å²) >= 11 is 3.28. The highest BCUT2D eigenvalue weighted by Gasteiger charge is 2.34. The largest absolute Gasteiger partial charge is 0.401 e. The Balaban J connectivity index is 1.74. The maximum atomic E-state index is 13.5. The minimum absolute atomic E-state index is 0.183. The maximum Gasteiger partial charge on any atom is 0.401 e. The molecule has 0 aliphatic carbocycles. The summed E-state index contributed by atoms with van der Waals surface area (Å²) in [7, 11) is 0. The first-order valence-corrected chi connectivity index (χ1v) is 7.56. The van der Waals surface area contributed by atoms with Crippen LogP contribution in [0.1, 0.15) is 12.0 Å². The fraction of sp³-hybridized carbons (Fsp3) is 0.571. The van der Waals surface area contributed by atoms with Crippen LogP contribution in [0.3, 0.4) is 0 Å². The van der Waals surface area contributed by atoms with Gasteiger partial charge in [-0.05, 0) is 43.6 Å². The second kappa shape index (κ2) is 7.07. The van der Waals surface area contributed by atoms with E-state index in [1.807, 2.05) is 0 Å². The zero-order valence-corrected chi connectivity index (χ0v) is 13.0. The van der Waals surface area contributed by atoms with Gasteiger partial charge in [0.05, 0.1) is 6.54 Å². The predicted molar refractivity (Wildman–Crippen MR) is 76.4 cm³/mol. The lowest BCUT2D eigenvalue weighted by Crippen LogP contribution is -2.33. The molecular formula is C14H17BrF4N2. The molecule has 1 atom stereocenters. The Kier molecular flexibility index (Phi) is 5.62. The Morgan fingerprint density at radius 3 is 2.81 bits per heavy atom. The molecule has 0 radical (unpaired) electrons. The van der Waals surface area contributed by atoms with Gasteiger partial charge < -0.3 is 5.32 Å². The summed E-state index contributed by atoms with van der Waals surface area (Å²) in [5.74, 6) is -0.0987. The summed E-state index contributed by atoms with van der Waals surface area (Å²) < 4.78 is 51.2. The van der Waals surface area contributed by atoms with Crippen molar-refractivity contribution in [1.82, 2.24) is 10.2 Å². The Morgan fingerprint density at radius 2 is 2.10 bits per heavy atom. The predicted octanol–water partition coefficient (Wildman–Crippen LogP) is 3.56. The molecule has 118 valence electrons. The molecule has 1 aliphatic rings. The Labute approximate surface area is 129 Å². The van der Waals surface area contributed by atoms with E-state index >= 15 is 0 Å². The first-order chi connectivity index (χ1) is 9.83. The lowest BCUT2D eigenvalue weighted by molar-refractivity contribution is -0.143. The van der Waals surface area contributed by atoms with Crippen LogP contribution in [0.4, 0.5) is 17.6 Å². The van der Waals surface area contributed by atoms with Gasteiger partial charge in [-0.3, -0.25) is 4.90 Å². The van der Waals surface area contributed by atoms with Crippen LogP contribution in [0.25, 0.3) is 0 Å². The minimum atomic E-state index is -4.14. The van der Waals surface area contributed by atoms with Gasteiger partial charge in [0, 0.05) is 23.1 Å². The summed E-state index contributed by atoms with van der Waals surface area (Å²) in [5, 5.41) is 3.13. The molecule has 1 heterocycles. The molecule has 1 saturated heterocycles. The highest BCUT2D eigenvalue weighted by Crippen LogP contribution is 2.22. The average Bonchev–Trinajstić information content (AvgIpc) is 2.79. The molecule has 7 heteroatoms. The number of hydrogen-bond donors (Lipinski definition) is 1. The van der Waals surface area contributed by atoms with E-state index in [0.717, 1.165) is 10.9 Å². The monoisotopic (exact) mass is 368 g/mol. The summed E-state index contributed by atoms with van der Waals surface area (Å²) in [6.45, 7) is 1.04. The van der Waals surface area contributed by atoms with Crippen molar-refractivity contribution in [2.45, 2.75) is 19.1 Å². The highest BCUT2D eigenvalue weighted by molar-refractivity contribution is 9.10. The van der Waals surface area contributed by atoms with Gasteiger partial charge in [-0.15, -0.1) is 0 Å². The van der Waals surface area contributed by atoms with E-state index in [9.17, 15) is 17.6 Å². The standard InChI is InChI=1S/C14H17BrF4N2/c15-12-1-2-13(16)11(5-12)7-20-6-10-3-4-21(8-10)9-14(17,18)19/h1-2,5,10,20H,3-4,6-9H2. The third kappa shape index (κ3) is 5.56. The number of nitrogens with one attached hydrogen (secondary N) is 1. The van der Waals surface area contributed by atoms with Crippen LogP contribution in [0.15, 0.2) is 22.7 Å². The first-order valence-electron chi connectivity index (χ1n) is 6.77. The SMILES string of the molecule is Fc1ccc(Br)cc1CNCC1CCN(CC(F)(F)F)C1. The number of hydrogen-bond acceptors (Lipinski definition) is 2. The number of rotatable bonds is 5. The van der Waals surface area contributed by atoms with Crippen LogP contribution in [-0.4, -0.2) is 37.3 Å². The van der Waals surface area contributed by atoms with Crippen LogP contribution in [-0.2, 0) is 6.54 Å². The smallest absolute Gasteiger partial charge is 0.312 e. The molecular weight excluding hydrogens is 352 g/mol. The summed E-state index contributed by atoms with van der Waals surface area (Å²) in [6.07, 6.45) is -3.40. The normalized spacial score (nSPS) is 20.1. The van der Waals surface area contributed by atoms with Gasteiger partial charge in [0.1, 0.15) is 5.82 Å². The Hall–Kier alpha value is -0.660. The minimum Gasteiger partial charge on any atom is -0.312 e. The van der Waals surface area contributed by atoms with Crippen molar-refractivity contribution in [2.75, 3.05) is 26.2 Å². The zero-order valence-electron chi connectivity index (χ0n) is 11.4. The number of likely N-dealkylation sites (tertiary alicyclic amines) is 1. The molecule has 2 nitrogen and oxygen atoms in total. The van der Waals surface area contributed by atoms with E-state index in [1.54, 1.807) is 12.1 Å². The van der Waals surface area contributed by atoms with Crippen LogP contribution in [0.2, 0.25) is 0 Å². The van der Waals surface area contributed by atoms with Gasteiger partial charge in [-0.1, -0.05) is 15.9 Å². The fourth-order valence-electron chi connectivity index (χ4n) is 2.57. The van der Waals surface area contributed by atoms with Crippen molar-refractivity contribution in [3.8, 4) is 0 Å². The Bertz CT molecular complexity index is 479. The third-order valence-corrected chi connectivity index (χ3v) is 4.02. The van der Waals surface area contributed by atoms with Crippen molar-refractivity contribution in [3.63, 3.8) is 0 Å². The summed E-state index contributed by atoms with van der Waals surface area (Å²) in [5.41, 5.74) is 0.550. The second-order valence-corrected chi connectivity index (χ2v) is 6.29. The molecule has 1 N–H and O–H groups in total. The van der Waals surface area contributed by atoms with Crippen LogP contribution in [0, 0.1) is 11.7 Å². The van der Waals surface area contributed by atoms with E-state index < -0.39 is 12.7 Å². The molecule has 1 fully saturated rings. The lowest BCUT2D eigenvalue weighted by Gasteiger charge is -2.18. The van der Waals surface area contributed by atoms with E-state index in [2.05, 4.69) is 21.2 Å². The third-order valence-electron chi connectivity index (χ3n) is 3.53. The van der Waals surface area contributed by atoms with Crippen molar-refractivity contribution in [2.24, 2.45) is 5.92 Å². The molecule has 1 aliphatic heterocycles. The van der Waals surface area contributed by atoms with Crippen molar-refractivity contribution in [3.05, 3.63) is 34.1 Å². The quantitative estimate of drug-likeness (QED) is 0.799. The second-order valence-electron chi connectivity index (χ2n) is 5.37. The van der Waals surface area contributed by atoms with Crippen molar-refractivity contribution in [1.29, 1.82) is 0 Å². The molecule has 1 unspecified atom stereocenters. The molecule has 0 amide bonds. The molecule has 0 saturated carbocycles. The van der Waals surface area contributed by atoms with E-state index in [4.69, 9.17) is 0 Å². The van der Waals surface area contributed by atoms with Gasteiger partial charge in [-0.2, -0.15) is 13.2 Å². The van der Waals surface area contributed by atoms with Gasteiger partial charge in [-0.25, -0.2) is 4.39 Å². The van der Waals surface area contributed by atoms with Gasteiger partial charge in [0.25, 0.3) is 0 Å². The number of halogens is 5. The van der Waals surface area contributed by atoms with E-state index in [1.165, 1.54) is 11.0 Å². The van der Waals surface area contributed by atoms with Crippen molar-refractivity contribution >= 4 is 15.9 Å². The molecule has 1 aromatic carbocycles. The Morgan fingerprint density at radius 1 is 1.33 bits per heavy atom. The van der Waals surface area contributed by atoms with Gasteiger partial charge in [0.15, 0.2) is 0 Å². The molecule has 2 rings (SSSR count). The topological polar surface area (TPSA) is 15.3 Å². The fourth-order valence-corrected chi connectivity index (χ4v) is 2.97. The van der Waals surface area contributed by atoms with Crippen LogP contribution >= 0.6 is 15.9 Å². The lowest BCUT2D eigenvalue weighted by atomic mass is 10.1. The molecule has 1 aromatic rings. The molecule has 0 bridgehead atoms. The van der Waals surface area contributed by atoms with Crippen LogP contribution < -0.4 is 5.32 Å². The van der Waals surface area contributed by atoms with Crippen LogP contribution in [0.5, 0.6) is 0 Å². The highest BCUT2D eigenvalue weighted by atomic mass is 79.9. The number of nitrogens with zero attached hydrogens (tertiary/aromatic N) is 1. The average molecular weight is 369 g/mol. The first kappa shape index (κ1) is 16.7. The maximum absolute atomic E-state index is 13.5. The van der Waals surface area contributed by atoms with Gasteiger partial charge in [0.2, 0.25) is 0 Å². The van der Waals surface area contributed by atoms with E-state index in [-0.39, 0.29) is 11.7 Å². The van der Waals surface area contributed by atoms with E-state index in [0.29, 0.717) is 31.7 Å². The molecule has 0 aromatic heterocycles. The zero-order chi connectivity index (χ0) is 15.5. The molecule has 21 heavy (non-hydrogen) atoms. The summed E-state index contributed by atoms with van der Waals surface area (Å²) in [4.78, 5) is 1.42. The molecule has 0 spiro atoms. The number of benzene rings is 1. The van der Waals surface area contributed by atoms with Gasteiger partial charge >= 0.3 is 6.18 Å². The number of alkyl halides is 3. The van der Waals surface area contributed by atoms with Crippen molar-refractivity contribution < 1.29 is 17.6 Å². The summed E-state index contributed by atoms with van der Waals surface area (Å²) in [6, 6.07) is 4.72.